The van der Waals surface area contributed by atoms with Gasteiger partial charge in [0.25, 0.3) is 0 Å². The zero-order chi connectivity index (χ0) is 12.8. The van der Waals surface area contributed by atoms with Crippen LogP contribution >= 0.6 is 17.1 Å². The van der Waals surface area contributed by atoms with Crippen LogP contribution in [0, 0.1) is 0 Å². The van der Waals surface area contributed by atoms with E-state index in [1.165, 1.54) is 18.5 Å². The van der Waals surface area contributed by atoms with Gasteiger partial charge in [0.2, 0.25) is 5.69 Å². The van der Waals surface area contributed by atoms with E-state index in [9.17, 15) is 4.79 Å². The van der Waals surface area contributed by atoms with Gasteiger partial charge >= 0.3 is 5.97 Å². The van der Waals surface area contributed by atoms with Gasteiger partial charge in [0, 0.05) is 0 Å². The van der Waals surface area contributed by atoms with E-state index in [4.69, 9.17) is 20.9 Å². The Morgan fingerprint density at radius 3 is 2.00 bits per heavy atom. The number of ether oxygens (including phenoxy) is 1. The molecule has 0 unspecified atom stereocenters. The van der Waals surface area contributed by atoms with Gasteiger partial charge < -0.3 is 13.8 Å². The molecule has 0 atom stereocenters. The van der Waals surface area contributed by atoms with Crippen molar-refractivity contribution in [3.8, 4) is 0 Å². The molecule has 0 aromatic rings. The van der Waals surface area contributed by atoms with E-state index >= 15 is 0 Å². The first kappa shape index (κ1) is 16.4. The van der Waals surface area contributed by atoms with Crippen LogP contribution in [0.15, 0.2) is 0 Å². The molecule has 0 spiro atoms. The summed E-state index contributed by atoms with van der Waals surface area (Å²) < 4.78 is 15.8. The van der Waals surface area contributed by atoms with Crippen molar-refractivity contribution < 1.29 is 18.6 Å². The fourth-order valence-corrected chi connectivity index (χ4v) is 6.07. The summed E-state index contributed by atoms with van der Waals surface area (Å²) in [6.45, 7) is 7.57. The van der Waals surface area contributed by atoms with Crippen molar-refractivity contribution in [2.24, 2.45) is 0 Å². The summed E-state index contributed by atoms with van der Waals surface area (Å²) in [6.07, 6.45) is -0.0375. The Kier molecular flexibility index (Phi) is 7.85. The highest BCUT2D eigenvalue weighted by Crippen LogP contribution is 2.62. The summed E-state index contributed by atoms with van der Waals surface area (Å²) in [6, 6.07) is 0. The lowest BCUT2D eigenvalue weighted by Crippen LogP contribution is -2.09. The second-order valence-corrected chi connectivity index (χ2v) is 9.82. The molecule has 0 aliphatic rings. The molecule has 16 heavy (non-hydrogen) atoms. The third-order valence-corrected chi connectivity index (χ3v) is 6.61. The highest BCUT2D eigenvalue weighted by atomic mass is 32.9. The van der Waals surface area contributed by atoms with Crippen molar-refractivity contribution in [2.45, 2.75) is 39.9 Å². The first-order valence-electron chi connectivity index (χ1n) is 4.97. The molecule has 4 nitrogen and oxygen atoms in total. The van der Waals surface area contributed by atoms with Gasteiger partial charge in [-0.3, -0.25) is 4.79 Å². The van der Waals surface area contributed by atoms with Crippen LogP contribution in [0.2, 0.25) is 0 Å². The SMILES string of the molecule is COC(=O)CSP(=S)(OC(C)C)OC(C)C. The number of methoxy groups -OCH3 is 1. The Labute approximate surface area is 106 Å². The minimum Gasteiger partial charge on any atom is -0.468 e. The third-order valence-electron chi connectivity index (χ3n) is 1.25. The maximum atomic E-state index is 11.0. The van der Waals surface area contributed by atoms with Crippen LogP contribution in [0.3, 0.4) is 0 Å². The molecule has 0 N–H and O–H groups in total. The minimum absolute atomic E-state index is 0.0188. The van der Waals surface area contributed by atoms with Crippen molar-refractivity contribution in [1.29, 1.82) is 0 Å². The number of rotatable bonds is 7. The van der Waals surface area contributed by atoms with Crippen molar-refractivity contribution in [1.82, 2.24) is 0 Å². The standard InChI is InChI=1S/C9H19O4PS2/c1-7(2)12-14(15,13-8(3)4)16-6-9(10)11-5/h7-8H,6H2,1-5H3. The van der Waals surface area contributed by atoms with E-state index in [-0.39, 0.29) is 23.9 Å². The first-order chi connectivity index (χ1) is 7.29. The lowest BCUT2D eigenvalue weighted by molar-refractivity contribution is -0.137. The lowest BCUT2D eigenvalue weighted by Gasteiger charge is -2.25. The highest BCUT2D eigenvalue weighted by Gasteiger charge is 2.24. The molecule has 0 aliphatic carbocycles. The largest absolute Gasteiger partial charge is 0.468 e. The predicted molar refractivity (Wildman–Crippen MR) is 71.2 cm³/mol. The van der Waals surface area contributed by atoms with E-state index < -0.39 is 5.69 Å². The quantitative estimate of drug-likeness (QED) is 0.529. The van der Waals surface area contributed by atoms with Crippen LogP contribution in [-0.4, -0.2) is 31.0 Å². The van der Waals surface area contributed by atoms with Gasteiger partial charge in [0.05, 0.1) is 19.3 Å². The maximum absolute atomic E-state index is 11.0. The number of carbonyl (C=O) groups is 1. The van der Waals surface area contributed by atoms with Gasteiger partial charge in [0.1, 0.15) is 5.75 Å². The minimum atomic E-state index is -2.45. The molecule has 0 saturated carbocycles. The molecule has 0 heterocycles. The summed E-state index contributed by atoms with van der Waals surface area (Å²) >= 11 is 6.56. The second-order valence-electron chi connectivity index (χ2n) is 3.61. The number of esters is 1. The molecule has 0 aromatic carbocycles. The monoisotopic (exact) mass is 286 g/mol. The molecule has 0 bridgehead atoms. The Hall–Kier alpha value is 0.390. The topological polar surface area (TPSA) is 44.8 Å². The summed E-state index contributed by atoms with van der Waals surface area (Å²) in [4.78, 5) is 11.0. The molecule has 0 aliphatic heterocycles. The zero-order valence-electron chi connectivity index (χ0n) is 10.3. The van der Waals surface area contributed by atoms with Gasteiger partial charge in [0.15, 0.2) is 0 Å². The smallest absolute Gasteiger partial charge is 0.316 e. The van der Waals surface area contributed by atoms with E-state index in [0.29, 0.717) is 0 Å². The molecule has 0 radical (unpaired) electrons. The van der Waals surface area contributed by atoms with Crippen molar-refractivity contribution >= 4 is 34.9 Å². The van der Waals surface area contributed by atoms with Crippen LogP contribution in [0.25, 0.3) is 0 Å². The van der Waals surface area contributed by atoms with E-state index in [2.05, 4.69) is 4.74 Å². The summed E-state index contributed by atoms with van der Waals surface area (Å²) in [5.41, 5.74) is -2.45. The van der Waals surface area contributed by atoms with Crippen LogP contribution in [0.4, 0.5) is 0 Å². The Morgan fingerprint density at radius 1 is 1.25 bits per heavy atom. The fraction of sp³-hybridized carbons (Fsp3) is 0.889. The molecule has 96 valence electrons. The fourth-order valence-electron chi connectivity index (χ4n) is 0.793. The van der Waals surface area contributed by atoms with Gasteiger partial charge in [-0.1, -0.05) is 11.4 Å². The van der Waals surface area contributed by atoms with Gasteiger partial charge in [-0.15, -0.1) is 0 Å². The molecule has 0 amide bonds. The first-order valence-corrected chi connectivity index (χ1v) is 9.20. The van der Waals surface area contributed by atoms with Crippen molar-refractivity contribution in [3.63, 3.8) is 0 Å². The maximum Gasteiger partial charge on any atom is 0.316 e. The molecular formula is C9H19O4PS2. The Balaban J connectivity index is 4.41. The molecule has 0 aromatic heterocycles. The molecule has 0 fully saturated rings. The predicted octanol–water partition coefficient (Wildman–Crippen LogP) is 2.97. The van der Waals surface area contributed by atoms with E-state index in [0.717, 1.165) is 0 Å². The molecule has 0 saturated heterocycles. The summed E-state index contributed by atoms with van der Waals surface area (Å²) in [7, 11) is 1.35. The Morgan fingerprint density at radius 2 is 1.69 bits per heavy atom. The van der Waals surface area contributed by atoms with Crippen LogP contribution < -0.4 is 0 Å². The summed E-state index contributed by atoms with van der Waals surface area (Å²) in [5.74, 6) is -0.160. The average Bonchev–Trinajstić information content (AvgIpc) is 2.11. The summed E-state index contributed by atoms with van der Waals surface area (Å²) in [5, 5.41) is 0. The second kappa shape index (κ2) is 7.67. The number of carbonyl (C=O) groups excluding carboxylic acids is 1. The van der Waals surface area contributed by atoms with Crippen molar-refractivity contribution in [2.75, 3.05) is 12.9 Å². The normalized spacial score (nSPS) is 12.2. The lowest BCUT2D eigenvalue weighted by atomic mass is 10.5. The third kappa shape index (κ3) is 7.63. The Bertz CT molecular complexity index is 254. The number of hydrogen-bond donors (Lipinski definition) is 0. The van der Waals surface area contributed by atoms with Gasteiger partial charge in [-0.05, 0) is 39.5 Å². The average molecular weight is 286 g/mol. The van der Waals surface area contributed by atoms with Crippen LogP contribution in [0.5, 0.6) is 0 Å². The highest BCUT2D eigenvalue weighted by molar-refractivity contribution is 8.68. The van der Waals surface area contributed by atoms with Crippen LogP contribution in [0.1, 0.15) is 27.7 Å². The molecule has 7 heteroatoms. The molecule has 0 rings (SSSR count). The number of hydrogen-bond acceptors (Lipinski definition) is 6. The van der Waals surface area contributed by atoms with Crippen LogP contribution in [-0.2, 0) is 30.4 Å². The van der Waals surface area contributed by atoms with Crippen molar-refractivity contribution in [3.05, 3.63) is 0 Å². The van der Waals surface area contributed by atoms with Gasteiger partial charge in [-0.2, -0.15) is 0 Å². The van der Waals surface area contributed by atoms with E-state index in [1.807, 2.05) is 27.7 Å². The zero-order valence-corrected chi connectivity index (χ0v) is 12.8. The molecular weight excluding hydrogens is 267 g/mol. The van der Waals surface area contributed by atoms with Gasteiger partial charge in [-0.25, -0.2) is 0 Å². The van der Waals surface area contributed by atoms with E-state index in [1.54, 1.807) is 0 Å².